The second kappa shape index (κ2) is 10.4. The minimum atomic E-state index is -4.06. The fourth-order valence-electron chi connectivity index (χ4n) is 3.96. The van der Waals surface area contributed by atoms with E-state index in [0.717, 1.165) is 6.26 Å². The van der Waals surface area contributed by atoms with Crippen LogP contribution in [-0.4, -0.2) is 87.4 Å². The number of likely N-dealkylation sites (N-methyl/N-ethyl adjacent to an activating group) is 1. The Morgan fingerprint density at radius 3 is 2.50 bits per heavy atom. The van der Waals surface area contributed by atoms with Gasteiger partial charge in [-0.2, -0.15) is 0 Å². The summed E-state index contributed by atoms with van der Waals surface area (Å²) in [4.78, 5) is 14.9. The number of hydrogen-bond acceptors (Lipinski definition) is 9. The molecule has 1 aromatic heterocycles. The van der Waals surface area contributed by atoms with E-state index in [4.69, 9.17) is 9.26 Å². The standard InChI is InChI=1S/C22H32N4O8S2/c1-13-10-26(14(2)12-27)22(28)18-9-17(24-36(31,32)21-15(3)23-34-16(21)4)7-8-19(18)33-20(13)11-25(5)35(6,29)30/h7-9,13-14,20,24,27H,10-12H2,1-6H3/t13-,14+,20-/m1/s1. The highest BCUT2D eigenvalue weighted by atomic mass is 32.2. The number of nitrogens with one attached hydrogen (secondary N) is 1. The van der Waals surface area contributed by atoms with Crippen LogP contribution in [0.3, 0.4) is 0 Å². The van der Waals surface area contributed by atoms with Gasteiger partial charge < -0.3 is 19.3 Å². The smallest absolute Gasteiger partial charge is 0.267 e. The highest BCUT2D eigenvalue weighted by molar-refractivity contribution is 7.92. The number of rotatable bonds is 8. The molecule has 2 heterocycles. The first-order valence-corrected chi connectivity index (χ1v) is 14.6. The number of aliphatic hydroxyl groups is 1. The summed E-state index contributed by atoms with van der Waals surface area (Å²) >= 11 is 0. The van der Waals surface area contributed by atoms with Crippen LogP contribution < -0.4 is 9.46 Å². The van der Waals surface area contributed by atoms with Gasteiger partial charge >= 0.3 is 0 Å². The minimum absolute atomic E-state index is 0.0371. The average Bonchev–Trinajstić information content (AvgIpc) is 3.13. The number of aromatic nitrogens is 1. The number of ether oxygens (including phenoxy) is 1. The molecule has 0 radical (unpaired) electrons. The number of amides is 1. The van der Waals surface area contributed by atoms with E-state index in [0.29, 0.717) is 0 Å². The van der Waals surface area contributed by atoms with Crippen LogP contribution in [0.15, 0.2) is 27.6 Å². The van der Waals surface area contributed by atoms with E-state index in [9.17, 15) is 26.7 Å². The number of benzene rings is 1. The van der Waals surface area contributed by atoms with Crippen LogP contribution in [-0.2, 0) is 20.0 Å². The molecular formula is C22H32N4O8S2. The molecule has 1 amide bonds. The molecule has 0 aliphatic carbocycles. The Kier molecular flexibility index (Phi) is 8.03. The fourth-order valence-corrected chi connectivity index (χ4v) is 5.76. The summed E-state index contributed by atoms with van der Waals surface area (Å²) in [5.41, 5.74) is 0.384. The molecule has 36 heavy (non-hydrogen) atoms. The lowest BCUT2D eigenvalue weighted by Crippen LogP contribution is -2.50. The first-order chi connectivity index (χ1) is 16.7. The van der Waals surface area contributed by atoms with Crippen molar-refractivity contribution in [3.63, 3.8) is 0 Å². The molecule has 0 spiro atoms. The van der Waals surface area contributed by atoms with Gasteiger partial charge in [0.15, 0.2) is 10.7 Å². The summed E-state index contributed by atoms with van der Waals surface area (Å²) < 4.78 is 64.7. The van der Waals surface area contributed by atoms with Crippen molar-refractivity contribution in [3.05, 3.63) is 35.2 Å². The van der Waals surface area contributed by atoms with E-state index in [1.54, 1.807) is 6.92 Å². The molecule has 0 unspecified atom stereocenters. The number of nitrogens with zero attached hydrogens (tertiary/aromatic N) is 3. The third-order valence-electron chi connectivity index (χ3n) is 6.16. The van der Waals surface area contributed by atoms with Crippen molar-refractivity contribution in [2.75, 3.05) is 37.7 Å². The SMILES string of the molecule is Cc1noc(C)c1S(=O)(=O)Nc1ccc2c(c1)C(=O)N([C@@H](C)CO)C[C@@H](C)[C@@H](CN(C)S(C)(=O)=O)O2. The number of fused-ring (bicyclic) bond motifs is 1. The van der Waals surface area contributed by atoms with Gasteiger partial charge in [0.25, 0.3) is 15.9 Å². The molecule has 2 N–H and O–H groups in total. The average molecular weight is 545 g/mol. The Morgan fingerprint density at radius 2 is 1.94 bits per heavy atom. The lowest BCUT2D eigenvalue weighted by Gasteiger charge is -2.38. The molecule has 12 nitrogen and oxygen atoms in total. The summed E-state index contributed by atoms with van der Waals surface area (Å²) in [5.74, 6) is -0.431. The van der Waals surface area contributed by atoms with Crippen molar-refractivity contribution in [1.29, 1.82) is 0 Å². The van der Waals surface area contributed by atoms with Crippen LogP contribution in [0.1, 0.15) is 35.7 Å². The number of carbonyl (C=O) groups is 1. The monoisotopic (exact) mass is 544 g/mol. The number of sulfonamides is 2. The van der Waals surface area contributed by atoms with Gasteiger partial charge in [0, 0.05) is 25.2 Å². The third kappa shape index (κ3) is 5.82. The van der Waals surface area contributed by atoms with Gasteiger partial charge in [0.1, 0.15) is 17.5 Å². The topological polar surface area (TPSA) is 159 Å². The molecule has 0 saturated carbocycles. The van der Waals surface area contributed by atoms with Gasteiger partial charge in [-0.05, 0) is 39.0 Å². The third-order valence-corrected chi connectivity index (χ3v) is 9.06. The molecule has 2 aromatic rings. The van der Waals surface area contributed by atoms with E-state index in [2.05, 4.69) is 9.88 Å². The van der Waals surface area contributed by atoms with Crippen LogP contribution in [0.4, 0.5) is 5.69 Å². The first-order valence-electron chi connectivity index (χ1n) is 11.2. The zero-order valence-electron chi connectivity index (χ0n) is 21.0. The predicted molar refractivity (Wildman–Crippen MR) is 132 cm³/mol. The second-order valence-corrected chi connectivity index (χ2v) is 12.8. The van der Waals surface area contributed by atoms with Gasteiger partial charge in [0.2, 0.25) is 10.0 Å². The maximum atomic E-state index is 13.5. The Labute approximate surface area is 211 Å². The largest absolute Gasteiger partial charge is 0.488 e. The van der Waals surface area contributed by atoms with Gasteiger partial charge in [-0.25, -0.2) is 21.1 Å². The first kappa shape index (κ1) is 27.9. The van der Waals surface area contributed by atoms with Crippen molar-refractivity contribution in [1.82, 2.24) is 14.4 Å². The van der Waals surface area contributed by atoms with Crippen LogP contribution in [0.2, 0.25) is 0 Å². The maximum absolute atomic E-state index is 13.5. The van der Waals surface area contributed by atoms with E-state index >= 15 is 0 Å². The summed E-state index contributed by atoms with van der Waals surface area (Å²) in [5, 5.41) is 13.4. The molecule has 14 heteroatoms. The van der Waals surface area contributed by atoms with Gasteiger partial charge in [-0.1, -0.05) is 12.1 Å². The van der Waals surface area contributed by atoms with Crippen molar-refractivity contribution in [2.45, 2.75) is 44.7 Å². The molecule has 0 fully saturated rings. The van der Waals surface area contributed by atoms with Crippen molar-refractivity contribution >= 4 is 31.6 Å². The van der Waals surface area contributed by atoms with E-state index in [1.165, 1.54) is 48.3 Å². The van der Waals surface area contributed by atoms with Gasteiger partial charge in [-0.3, -0.25) is 9.52 Å². The molecule has 3 atom stereocenters. The Bertz CT molecular complexity index is 1320. The Morgan fingerprint density at radius 1 is 1.28 bits per heavy atom. The van der Waals surface area contributed by atoms with Crippen molar-refractivity contribution in [2.24, 2.45) is 5.92 Å². The lowest BCUT2D eigenvalue weighted by molar-refractivity contribution is 0.0387. The molecule has 3 rings (SSSR count). The summed E-state index contributed by atoms with van der Waals surface area (Å²) in [6.45, 7) is 6.45. The zero-order chi connectivity index (χ0) is 27.0. The van der Waals surface area contributed by atoms with Crippen molar-refractivity contribution in [3.8, 4) is 5.75 Å². The fraction of sp³-hybridized carbons (Fsp3) is 0.545. The van der Waals surface area contributed by atoms with Crippen LogP contribution in [0.25, 0.3) is 0 Å². The number of aliphatic hydroxyl groups excluding tert-OH is 1. The molecule has 0 bridgehead atoms. The molecule has 0 saturated heterocycles. The predicted octanol–water partition coefficient (Wildman–Crippen LogP) is 1.20. The molecular weight excluding hydrogens is 512 g/mol. The van der Waals surface area contributed by atoms with Crippen molar-refractivity contribution < 1.29 is 36.0 Å². The van der Waals surface area contributed by atoms with E-state index < -0.39 is 38.1 Å². The Balaban J connectivity index is 2.04. The molecule has 1 aliphatic rings. The van der Waals surface area contributed by atoms with E-state index in [1.807, 2.05) is 6.92 Å². The van der Waals surface area contributed by atoms with Gasteiger partial charge in [-0.15, -0.1) is 0 Å². The highest BCUT2D eigenvalue weighted by Crippen LogP contribution is 2.32. The minimum Gasteiger partial charge on any atom is -0.488 e. The number of hydrogen-bond donors (Lipinski definition) is 2. The lowest BCUT2D eigenvalue weighted by atomic mass is 9.99. The molecule has 1 aromatic carbocycles. The number of carbonyl (C=O) groups excluding carboxylic acids is 1. The van der Waals surface area contributed by atoms with Crippen LogP contribution in [0, 0.1) is 19.8 Å². The van der Waals surface area contributed by atoms with E-state index in [-0.39, 0.29) is 59.0 Å². The summed E-state index contributed by atoms with van der Waals surface area (Å²) in [7, 11) is -6.10. The second-order valence-electron chi connectivity index (χ2n) is 9.14. The summed E-state index contributed by atoms with van der Waals surface area (Å²) in [6.07, 6.45) is 0.477. The number of anilines is 1. The van der Waals surface area contributed by atoms with Gasteiger partial charge in [0.05, 0.1) is 31.0 Å². The Hall–Kier alpha value is -2.68. The number of aryl methyl sites for hydroxylation is 2. The normalized spacial score (nSPS) is 19.9. The summed E-state index contributed by atoms with van der Waals surface area (Å²) in [6, 6.07) is 3.73. The quantitative estimate of drug-likeness (QED) is 0.498. The maximum Gasteiger partial charge on any atom is 0.267 e. The highest BCUT2D eigenvalue weighted by Gasteiger charge is 2.35. The molecule has 1 aliphatic heterocycles. The van der Waals surface area contributed by atoms with Crippen LogP contribution >= 0.6 is 0 Å². The van der Waals surface area contributed by atoms with Crippen LogP contribution in [0.5, 0.6) is 5.75 Å². The molecule has 200 valence electrons. The zero-order valence-corrected chi connectivity index (χ0v) is 22.7.